The maximum atomic E-state index is 6.75. The fourth-order valence-corrected chi connectivity index (χ4v) is 8.11. The van der Waals surface area contributed by atoms with Gasteiger partial charge >= 0.3 is 221 Å². The second-order valence-electron chi connectivity index (χ2n) is 7.99. The van der Waals surface area contributed by atoms with Crippen LogP contribution in [0.15, 0.2) is 120 Å². The van der Waals surface area contributed by atoms with Crippen molar-refractivity contribution < 1.29 is 9.15 Å². The fraction of sp³-hybridized carbons (Fsp3) is 0.0968. The number of benzene rings is 4. The number of ether oxygens (including phenoxy) is 1. The zero-order chi connectivity index (χ0) is 23.9. The van der Waals surface area contributed by atoms with Gasteiger partial charge in [0, 0.05) is 0 Å². The number of hydrogen-bond acceptors (Lipinski definition) is 2. The minimum atomic E-state index is 0.135. The maximum absolute atomic E-state index is 6.75. The summed E-state index contributed by atoms with van der Waals surface area (Å²) in [6.45, 7) is 0. The Labute approximate surface area is 219 Å². The van der Waals surface area contributed by atoms with E-state index in [2.05, 4.69) is 103 Å². The van der Waals surface area contributed by atoms with Gasteiger partial charge in [-0.05, 0) is 0 Å². The molecule has 5 rings (SSSR count). The molecule has 0 saturated heterocycles. The first kappa shape index (κ1) is 23.7. The Morgan fingerprint density at radius 2 is 1.20 bits per heavy atom. The third-order valence-electron chi connectivity index (χ3n) is 5.67. The van der Waals surface area contributed by atoms with Gasteiger partial charge in [0.15, 0.2) is 0 Å². The molecule has 0 amide bonds. The molecule has 0 bridgehead atoms. The number of methoxy groups -OCH3 is 1. The van der Waals surface area contributed by atoms with Crippen molar-refractivity contribution in [3.05, 3.63) is 121 Å². The van der Waals surface area contributed by atoms with E-state index in [4.69, 9.17) is 9.15 Å². The van der Waals surface area contributed by atoms with Crippen LogP contribution in [-0.4, -0.2) is 37.0 Å². The number of hydrogen-bond donors (Lipinski definition) is 0. The van der Waals surface area contributed by atoms with Gasteiger partial charge < -0.3 is 0 Å². The zero-order valence-corrected chi connectivity index (χ0v) is 22.9. The van der Waals surface area contributed by atoms with Gasteiger partial charge in [0.05, 0.1) is 0 Å². The van der Waals surface area contributed by atoms with Gasteiger partial charge in [0.1, 0.15) is 0 Å². The summed E-state index contributed by atoms with van der Waals surface area (Å²) in [5.41, 5.74) is 3.57. The van der Waals surface area contributed by atoms with E-state index >= 15 is 0 Å². The van der Waals surface area contributed by atoms with Crippen LogP contribution in [0.2, 0.25) is 5.32 Å². The molecule has 4 heteroatoms. The monoisotopic (exact) mass is 590 g/mol. The van der Waals surface area contributed by atoms with Crippen LogP contribution >= 0.6 is 0 Å². The Bertz CT molecular complexity index is 1350. The van der Waals surface area contributed by atoms with E-state index in [9.17, 15) is 0 Å². The van der Waals surface area contributed by atoms with E-state index in [1.807, 2.05) is 12.1 Å². The summed E-state index contributed by atoms with van der Waals surface area (Å²) < 4.78 is 16.3. The van der Waals surface area contributed by atoms with Crippen LogP contribution < -0.4 is 18.1 Å². The molecule has 1 heterocycles. The number of furan rings is 1. The second kappa shape index (κ2) is 11.6. The van der Waals surface area contributed by atoms with E-state index in [0.29, 0.717) is 15.0 Å². The molecule has 0 spiro atoms. The Kier molecular flexibility index (Phi) is 7.88. The van der Waals surface area contributed by atoms with Crippen molar-refractivity contribution in [1.82, 2.24) is 0 Å². The predicted octanol–water partition coefficient (Wildman–Crippen LogP) is 5.27. The van der Waals surface area contributed by atoms with Gasteiger partial charge in [-0.2, -0.15) is 0 Å². The van der Waals surface area contributed by atoms with Crippen molar-refractivity contribution in [2.24, 2.45) is 0 Å². The molecular weight excluding hydrogens is 562 g/mol. The molecule has 35 heavy (non-hydrogen) atoms. The minimum absolute atomic E-state index is 0.135. The van der Waals surface area contributed by atoms with Crippen molar-refractivity contribution in [3.63, 3.8) is 0 Å². The molecule has 0 saturated carbocycles. The summed E-state index contributed by atoms with van der Waals surface area (Å²) in [7, 11) is 1.70. The number of rotatable bonds is 9. The van der Waals surface area contributed by atoms with E-state index in [0.717, 1.165) is 40.1 Å². The summed E-state index contributed by atoms with van der Waals surface area (Å²) >= 11 is 0.551. The van der Waals surface area contributed by atoms with Crippen LogP contribution in [0.25, 0.3) is 22.6 Å². The molecule has 0 atom stereocenters. The van der Waals surface area contributed by atoms with Crippen LogP contribution in [-0.2, 0) is 6.42 Å². The molecule has 0 N–H and O–H groups in total. The van der Waals surface area contributed by atoms with Gasteiger partial charge in [-0.15, -0.1) is 0 Å². The molecule has 0 aliphatic rings. The molecule has 0 radical (unpaired) electrons. The molecule has 4 aromatic carbocycles. The topological polar surface area (TPSA) is 22.4 Å². The molecule has 0 unspecified atom stereocenters. The van der Waals surface area contributed by atoms with E-state index in [1.54, 1.807) is 7.11 Å². The van der Waals surface area contributed by atoms with Gasteiger partial charge in [-0.3, -0.25) is 0 Å². The van der Waals surface area contributed by atoms with E-state index in [-0.39, 0.29) is 15.0 Å². The normalized spacial score (nSPS) is 10.9. The van der Waals surface area contributed by atoms with Gasteiger partial charge in [0.25, 0.3) is 0 Å². The summed E-state index contributed by atoms with van der Waals surface area (Å²) in [4.78, 5) is 0. The molecule has 0 aliphatic heterocycles. The van der Waals surface area contributed by atoms with E-state index in [1.165, 1.54) is 18.9 Å². The Morgan fingerprint density at radius 1 is 0.629 bits per heavy atom. The van der Waals surface area contributed by atoms with Gasteiger partial charge in [-0.25, -0.2) is 0 Å². The summed E-state index contributed by atoms with van der Waals surface area (Å²) in [5.74, 6) is 2.84. The van der Waals surface area contributed by atoms with Crippen molar-refractivity contribution in [1.29, 1.82) is 0 Å². The Morgan fingerprint density at radius 3 is 1.83 bits per heavy atom. The molecule has 0 fully saturated rings. The molecule has 1 aromatic heterocycles. The molecule has 0 aliphatic carbocycles. The van der Waals surface area contributed by atoms with Crippen LogP contribution in [0, 0.1) is 0 Å². The average Bonchev–Trinajstić information content (AvgIpc) is 3.28. The quantitative estimate of drug-likeness (QED) is 0.219. The molecular formula is C31H26O2Se2. The van der Waals surface area contributed by atoms with Crippen LogP contribution in [0.3, 0.4) is 0 Å². The van der Waals surface area contributed by atoms with Crippen LogP contribution in [0.1, 0.15) is 5.56 Å². The molecule has 174 valence electrons. The average molecular weight is 588 g/mol. The first-order chi connectivity index (χ1) is 17.3. The Hall–Kier alpha value is -3.00. The zero-order valence-electron chi connectivity index (χ0n) is 19.5. The van der Waals surface area contributed by atoms with Crippen molar-refractivity contribution in [3.8, 4) is 28.4 Å². The predicted molar refractivity (Wildman–Crippen MR) is 148 cm³/mol. The second-order valence-corrected chi connectivity index (χ2v) is 12.7. The standard InChI is InChI=1S/C31H26O2Se2/c1-32-25-19-17-24(18-20-25)29-28(21-22-34-26-13-7-3-8-14-26)31(35-27-15-9-4-10-16-27)30(33-29)23-11-5-2-6-12-23/h2-20H,21-22H2,1H3. The van der Waals surface area contributed by atoms with Gasteiger partial charge in [0.2, 0.25) is 0 Å². The molecule has 2 nitrogen and oxygen atoms in total. The molecule has 5 aromatic rings. The summed E-state index contributed by atoms with van der Waals surface area (Å²) in [6.07, 6.45) is 0.997. The third-order valence-corrected chi connectivity index (χ3v) is 10.2. The SMILES string of the molecule is COc1ccc(-c2oc(-c3ccccc3)c([Se]c3ccccc3)c2CC[Se]c2ccccc2)cc1. The first-order valence-electron chi connectivity index (χ1n) is 11.6. The van der Waals surface area contributed by atoms with Crippen LogP contribution in [0.5, 0.6) is 5.75 Å². The van der Waals surface area contributed by atoms with Crippen molar-refractivity contribution >= 4 is 43.3 Å². The summed E-state index contributed by atoms with van der Waals surface area (Å²) in [5, 5.41) is 1.13. The summed E-state index contributed by atoms with van der Waals surface area (Å²) in [6, 6.07) is 40.4. The van der Waals surface area contributed by atoms with Crippen LogP contribution in [0.4, 0.5) is 0 Å². The van der Waals surface area contributed by atoms with Gasteiger partial charge in [-0.1, -0.05) is 0 Å². The Balaban J connectivity index is 1.59. The van der Waals surface area contributed by atoms with Crippen molar-refractivity contribution in [2.75, 3.05) is 7.11 Å². The van der Waals surface area contributed by atoms with E-state index < -0.39 is 0 Å². The fourth-order valence-electron chi connectivity index (χ4n) is 3.93. The first-order valence-corrected chi connectivity index (χ1v) is 15.4. The van der Waals surface area contributed by atoms with Crippen molar-refractivity contribution in [2.45, 2.75) is 11.7 Å². The third kappa shape index (κ3) is 5.81.